The van der Waals surface area contributed by atoms with Gasteiger partial charge in [-0.05, 0) is 5.41 Å². The van der Waals surface area contributed by atoms with Gasteiger partial charge in [0.1, 0.15) is 0 Å². The lowest BCUT2D eigenvalue weighted by atomic mass is 9.91. The van der Waals surface area contributed by atoms with Gasteiger partial charge in [0.05, 0.1) is 24.3 Å². The molecule has 1 N–H and O–H groups in total. The topological polar surface area (TPSA) is 49.0 Å². The number of fused-ring (bicyclic) bond motifs is 1. The monoisotopic (exact) mass is 221 g/mol. The summed E-state index contributed by atoms with van der Waals surface area (Å²) in [6, 6.07) is 0. The molecule has 0 atom stereocenters. The second-order valence-corrected chi connectivity index (χ2v) is 5.63. The Bertz CT molecular complexity index is 389. The van der Waals surface area contributed by atoms with Crippen molar-refractivity contribution in [2.24, 2.45) is 5.41 Å². The number of hydrogen-bond acceptors (Lipinski definition) is 2. The summed E-state index contributed by atoms with van der Waals surface area (Å²) in [5, 5.41) is 0. The number of carbonyl (C=O) groups excluding carboxylic acids is 1. The molecule has 1 aliphatic heterocycles. The molecule has 1 aromatic heterocycles. The summed E-state index contributed by atoms with van der Waals surface area (Å²) in [7, 11) is 0. The summed E-state index contributed by atoms with van der Waals surface area (Å²) < 4.78 is 0. The number of imidazole rings is 1. The predicted molar refractivity (Wildman–Crippen MR) is 61.8 cm³/mol. The average molecular weight is 221 g/mol. The van der Waals surface area contributed by atoms with E-state index in [0.29, 0.717) is 13.0 Å². The van der Waals surface area contributed by atoms with Gasteiger partial charge in [-0.25, -0.2) is 4.98 Å². The molecule has 0 aromatic carbocycles. The summed E-state index contributed by atoms with van der Waals surface area (Å²) >= 11 is 0. The zero-order chi connectivity index (χ0) is 11.8. The number of aromatic amines is 1. The summed E-state index contributed by atoms with van der Waals surface area (Å²) in [5.74, 6) is 0.243. The van der Waals surface area contributed by atoms with Crippen molar-refractivity contribution >= 4 is 5.91 Å². The Morgan fingerprint density at radius 2 is 2.31 bits per heavy atom. The van der Waals surface area contributed by atoms with Gasteiger partial charge in [0.2, 0.25) is 5.91 Å². The van der Waals surface area contributed by atoms with Crippen LogP contribution >= 0.6 is 0 Å². The van der Waals surface area contributed by atoms with Gasteiger partial charge in [0.25, 0.3) is 0 Å². The van der Waals surface area contributed by atoms with Gasteiger partial charge in [-0.2, -0.15) is 0 Å². The molecule has 4 nitrogen and oxygen atoms in total. The van der Waals surface area contributed by atoms with E-state index in [0.717, 1.165) is 24.4 Å². The number of hydrogen-bond donors (Lipinski definition) is 1. The molecule has 2 heterocycles. The van der Waals surface area contributed by atoms with Crippen LogP contribution in [0.4, 0.5) is 0 Å². The Kier molecular flexibility index (Phi) is 2.74. The van der Waals surface area contributed by atoms with Gasteiger partial charge in [-0.3, -0.25) is 4.79 Å². The van der Waals surface area contributed by atoms with E-state index in [-0.39, 0.29) is 11.3 Å². The smallest absolute Gasteiger partial charge is 0.223 e. The molecule has 0 unspecified atom stereocenters. The van der Waals surface area contributed by atoms with Gasteiger partial charge in [-0.1, -0.05) is 20.8 Å². The second kappa shape index (κ2) is 3.92. The van der Waals surface area contributed by atoms with E-state index in [4.69, 9.17) is 0 Å². The highest BCUT2D eigenvalue weighted by Gasteiger charge is 2.25. The number of amides is 1. The molecule has 2 rings (SSSR count). The van der Waals surface area contributed by atoms with Crippen LogP contribution in [-0.2, 0) is 17.8 Å². The molecule has 88 valence electrons. The first-order valence-corrected chi connectivity index (χ1v) is 5.74. The van der Waals surface area contributed by atoms with Crippen LogP contribution in [0.2, 0.25) is 0 Å². The highest BCUT2D eigenvalue weighted by molar-refractivity contribution is 5.77. The molecule has 16 heavy (non-hydrogen) atoms. The van der Waals surface area contributed by atoms with Crippen molar-refractivity contribution in [1.82, 2.24) is 14.9 Å². The van der Waals surface area contributed by atoms with Crippen molar-refractivity contribution < 1.29 is 4.79 Å². The number of aromatic nitrogens is 2. The Morgan fingerprint density at radius 1 is 1.56 bits per heavy atom. The van der Waals surface area contributed by atoms with Crippen LogP contribution in [-0.4, -0.2) is 27.3 Å². The third-order valence-corrected chi connectivity index (χ3v) is 2.81. The fourth-order valence-corrected chi connectivity index (χ4v) is 1.99. The largest absolute Gasteiger partial charge is 0.347 e. The lowest BCUT2D eigenvalue weighted by Crippen LogP contribution is -2.37. The average Bonchev–Trinajstić information content (AvgIpc) is 2.61. The van der Waals surface area contributed by atoms with Crippen molar-refractivity contribution in [1.29, 1.82) is 0 Å². The van der Waals surface area contributed by atoms with Gasteiger partial charge in [0, 0.05) is 19.4 Å². The highest BCUT2D eigenvalue weighted by Crippen LogP contribution is 2.22. The molecule has 0 saturated heterocycles. The van der Waals surface area contributed by atoms with Crippen LogP contribution in [0.5, 0.6) is 0 Å². The van der Waals surface area contributed by atoms with Crippen LogP contribution in [0.15, 0.2) is 6.33 Å². The first-order chi connectivity index (χ1) is 7.46. The molecular formula is C12H19N3O. The fraction of sp³-hybridized carbons (Fsp3) is 0.667. The summed E-state index contributed by atoms with van der Waals surface area (Å²) in [6.07, 6.45) is 3.19. The van der Waals surface area contributed by atoms with Crippen molar-refractivity contribution in [3.63, 3.8) is 0 Å². The van der Waals surface area contributed by atoms with Gasteiger partial charge >= 0.3 is 0 Å². The highest BCUT2D eigenvalue weighted by atomic mass is 16.2. The Hall–Kier alpha value is -1.32. The molecule has 0 saturated carbocycles. The molecule has 1 aromatic rings. The van der Waals surface area contributed by atoms with Gasteiger partial charge in [0.15, 0.2) is 0 Å². The molecule has 1 amide bonds. The van der Waals surface area contributed by atoms with E-state index in [1.807, 2.05) is 4.90 Å². The maximum absolute atomic E-state index is 12.0. The molecule has 0 radical (unpaired) electrons. The first-order valence-electron chi connectivity index (χ1n) is 5.74. The van der Waals surface area contributed by atoms with E-state index in [1.54, 1.807) is 6.33 Å². The maximum Gasteiger partial charge on any atom is 0.223 e. The normalized spacial score (nSPS) is 16.1. The number of nitrogens with zero attached hydrogens (tertiary/aromatic N) is 2. The molecule has 1 aliphatic rings. The fourth-order valence-electron chi connectivity index (χ4n) is 1.99. The minimum atomic E-state index is 0.0609. The summed E-state index contributed by atoms with van der Waals surface area (Å²) in [5.41, 5.74) is 2.26. The Labute approximate surface area is 96.1 Å². The SMILES string of the molecule is CC(C)(C)CC(=O)N1CCc2nc[nH]c2C1. The minimum absolute atomic E-state index is 0.0609. The van der Waals surface area contributed by atoms with Crippen LogP contribution in [0, 0.1) is 5.41 Å². The van der Waals surface area contributed by atoms with Gasteiger partial charge in [-0.15, -0.1) is 0 Å². The first kappa shape index (κ1) is 11.2. The summed E-state index contributed by atoms with van der Waals surface area (Å²) in [6.45, 7) is 7.76. The third kappa shape index (κ3) is 2.43. The molecular weight excluding hydrogens is 202 g/mol. The van der Waals surface area contributed by atoms with Crippen LogP contribution in [0.25, 0.3) is 0 Å². The number of carbonyl (C=O) groups is 1. The van der Waals surface area contributed by atoms with Crippen LogP contribution < -0.4 is 0 Å². The number of H-pyrrole nitrogens is 1. The Balaban J connectivity index is 2.01. The molecule has 0 aliphatic carbocycles. The quantitative estimate of drug-likeness (QED) is 0.785. The Morgan fingerprint density at radius 3 is 3.00 bits per heavy atom. The van der Waals surface area contributed by atoms with E-state index in [9.17, 15) is 4.79 Å². The van der Waals surface area contributed by atoms with E-state index < -0.39 is 0 Å². The zero-order valence-corrected chi connectivity index (χ0v) is 10.2. The molecule has 0 spiro atoms. The van der Waals surface area contributed by atoms with Crippen molar-refractivity contribution in [3.8, 4) is 0 Å². The van der Waals surface area contributed by atoms with E-state index in [1.165, 1.54) is 0 Å². The van der Waals surface area contributed by atoms with Crippen molar-refractivity contribution in [3.05, 3.63) is 17.7 Å². The minimum Gasteiger partial charge on any atom is -0.347 e. The zero-order valence-electron chi connectivity index (χ0n) is 10.2. The predicted octanol–water partition coefficient (Wildman–Crippen LogP) is 1.73. The standard InChI is InChI=1S/C12H19N3O/c1-12(2,3)6-11(16)15-5-4-9-10(7-15)14-8-13-9/h8H,4-7H2,1-3H3,(H,13,14). The molecule has 0 bridgehead atoms. The van der Waals surface area contributed by atoms with Crippen molar-refractivity contribution in [2.45, 2.75) is 40.2 Å². The molecule has 4 heteroatoms. The second-order valence-electron chi connectivity index (χ2n) is 5.63. The van der Waals surface area contributed by atoms with Crippen LogP contribution in [0.3, 0.4) is 0 Å². The maximum atomic E-state index is 12.0. The van der Waals surface area contributed by atoms with Crippen LogP contribution in [0.1, 0.15) is 38.6 Å². The van der Waals surface area contributed by atoms with Gasteiger partial charge < -0.3 is 9.88 Å². The number of rotatable bonds is 1. The lowest BCUT2D eigenvalue weighted by Gasteiger charge is -2.29. The lowest BCUT2D eigenvalue weighted by molar-refractivity contribution is -0.134. The van der Waals surface area contributed by atoms with E-state index >= 15 is 0 Å². The third-order valence-electron chi connectivity index (χ3n) is 2.81. The van der Waals surface area contributed by atoms with E-state index in [2.05, 4.69) is 30.7 Å². The number of nitrogens with one attached hydrogen (secondary N) is 1. The summed E-state index contributed by atoms with van der Waals surface area (Å²) in [4.78, 5) is 21.3. The molecule has 0 fully saturated rings. The van der Waals surface area contributed by atoms with Crippen molar-refractivity contribution in [2.75, 3.05) is 6.54 Å².